The van der Waals surface area contributed by atoms with Crippen LogP contribution in [0.25, 0.3) is 0 Å². The normalized spacial score (nSPS) is 13.1. The van der Waals surface area contributed by atoms with Gasteiger partial charge in [-0.2, -0.15) is 5.10 Å². The van der Waals surface area contributed by atoms with Gasteiger partial charge in [-0.1, -0.05) is 25.4 Å². The quantitative estimate of drug-likeness (QED) is 0.876. The van der Waals surface area contributed by atoms with Crippen molar-refractivity contribution in [2.75, 3.05) is 0 Å². The molecule has 0 bridgehead atoms. The summed E-state index contributed by atoms with van der Waals surface area (Å²) in [4.78, 5) is 11.9. The third-order valence-electron chi connectivity index (χ3n) is 2.96. The lowest BCUT2D eigenvalue weighted by Crippen LogP contribution is -2.29. The predicted molar refractivity (Wildman–Crippen MR) is 69.1 cm³/mol. The summed E-state index contributed by atoms with van der Waals surface area (Å²) in [6.45, 7) is 5.89. The molecule has 0 saturated carbocycles. The first-order valence-electron chi connectivity index (χ1n) is 5.78. The first kappa shape index (κ1) is 14.2. The van der Waals surface area contributed by atoms with Crippen LogP contribution in [0.2, 0.25) is 5.15 Å². The van der Waals surface area contributed by atoms with Crippen molar-refractivity contribution >= 4 is 17.4 Å². The zero-order valence-corrected chi connectivity index (χ0v) is 11.6. The minimum atomic E-state index is -0.0850. The van der Waals surface area contributed by atoms with Crippen molar-refractivity contribution < 1.29 is 4.79 Å². The van der Waals surface area contributed by atoms with E-state index in [2.05, 4.69) is 5.10 Å². The Labute approximate surface area is 107 Å². The smallest absolute Gasteiger partial charge is 0.139 e. The summed E-state index contributed by atoms with van der Waals surface area (Å²) in [6.07, 6.45) is 0.710. The SMILES string of the molecule is Cc1nn(C)c(Cl)c1CC(=O)CC(N)C(C)C. The van der Waals surface area contributed by atoms with E-state index in [-0.39, 0.29) is 11.8 Å². The number of halogens is 1. The summed E-state index contributed by atoms with van der Waals surface area (Å²) in [5.74, 6) is 0.425. The minimum absolute atomic E-state index is 0.0850. The Morgan fingerprint density at radius 2 is 2.12 bits per heavy atom. The van der Waals surface area contributed by atoms with Crippen LogP contribution in [0, 0.1) is 12.8 Å². The number of Topliss-reactive ketones (excluding diaryl/α,β-unsaturated/α-hetero) is 1. The molecule has 0 radical (unpaired) electrons. The highest BCUT2D eigenvalue weighted by molar-refractivity contribution is 6.30. The summed E-state index contributed by atoms with van der Waals surface area (Å²) < 4.78 is 1.59. The average Bonchev–Trinajstić information content (AvgIpc) is 2.45. The van der Waals surface area contributed by atoms with Gasteiger partial charge in [-0.25, -0.2) is 0 Å². The van der Waals surface area contributed by atoms with Crippen LogP contribution in [0.15, 0.2) is 0 Å². The van der Waals surface area contributed by atoms with E-state index in [1.165, 1.54) is 0 Å². The van der Waals surface area contributed by atoms with Gasteiger partial charge in [0.05, 0.1) is 5.69 Å². The van der Waals surface area contributed by atoms with Gasteiger partial charge >= 0.3 is 0 Å². The summed E-state index contributed by atoms with van der Waals surface area (Å²) >= 11 is 6.07. The van der Waals surface area contributed by atoms with Crippen molar-refractivity contribution in [2.24, 2.45) is 18.7 Å². The summed E-state index contributed by atoms with van der Waals surface area (Å²) in [5, 5.41) is 4.72. The number of rotatable bonds is 5. The molecule has 1 heterocycles. The van der Waals surface area contributed by atoms with Gasteiger partial charge in [0.1, 0.15) is 10.9 Å². The molecule has 1 aromatic heterocycles. The topological polar surface area (TPSA) is 60.9 Å². The number of nitrogens with zero attached hydrogens (tertiary/aromatic N) is 2. The lowest BCUT2D eigenvalue weighted by Gasteiger charge is -2.14. The molecule has 96 valence electrons. The van der Waals surface area contributed by atoms with Crippen molar-refractivity contribution in [2.45, 2.75) is 39.7 Å². The largest absolute Gasteiger partial charge is 0.327 e. The number of carbonyl (C=O) groups is 1. The fraction of sp³-hybridized carbons (Fsp3) is 0.667. The van der Waals surface area contributed by atoms with E-state index in [4.69, 9.17) is 17.3 Å². The van der Waals surface area contributed by atoms with Crippen LogP contribution in [-0.2, 0) is 18.3 Å². The van der Waals surface area contributed by atoms with Crippen molar-refractivity contribution in [1.29, 1.82) is 0 Å². The van der Waals surface area contributed by atoms with E-state index in [0.717, 1.165) is 11.3 Å². The van der Waals surface area contributed by atoms with Crippen LogP contribution in [0.4, 0.5) is 0 Å². The van der Waals surface area contributed by atoms with Crippen molar-refractivity contribution in [3.05, 3.63) is 16.4 Å². The van der Waals surface area contributed by atoms with Crippen molar-refractivity contribution in [3.8, 4) is 0 Å². The molecule has 0 saturated heterocycles. The molecule has 2 N–H and O–H groups in total. The van der Waals surface area contributed by atoms with Crippen LogP contribution in [0.5, 0.6) is 0 Å². The molecule has 1 aromatic rings. The molecule has 0 spiro atoms. The highest BCUT2D eigenvalue weighted by Crippen LogP contribution is 2.20. The van der Waals surface area contributed by atoms with Gasteiger partial charge in [-0.05, 0) is 12.8 Å². The van der Waals surface area contributed by atoms with Gasteiger partial charge in [0.15, 0.2) is 0 Å². The van der Waals surface area contributed by atoms with E-state index < -0.39 is 0 Å². The molecule has 0 fully saturated rings. The molecule has 1 rings (SSSR count). The van der Waals surface area contributed by atoms with Crippen LogP contribution in [-0.4, -0.2) is 21.6 Å². The molecule has 0 aliphatic heterocycles. The minimum Gasteiger partial charge on any atom is -0.327 e. The zero-order chi connectivity index (χ0) is 13.2. The van der Waals surface area contributed by atoms with Crippen LogP contribution < -0.4 is 5.73 Å². The van der Waals surface area contributed by atoms with E-state index in [1.54, 1.807) is 11.7 Å². The fourth-order valence-electron chi connectivity index (χ4n) is 1.64. The third kappa shape index (κ3) is 3.54. The Morgan fingerprint density at radius 3 is 2.53 bits per heavy atom. The van der Waals surface area contributed by atoms with Gasteiger partial charge in [-0.15, -0.1) is 0 Å². The highest BCUT2D eigenvalue weighted by atomic mass is 35.5. The monoisotopic (exact) mass is 257 g/mol. The van der Waals surface area contributed by atoms with Gasteiger partial charge in [-0.3, -0.25) is 9.48 Å². The van der Waals surface area contributed by atoms with E-state index in [9.17, 15) is 4.79 Å². The molecule has 17 heavy (non-hydrogen) atoms. The molecule has 0 aliphatic carbocycles. The number of nitrogens with two attached hydrogens (primary N) is 1. The number of aromatic nitrogens is 2. The first-order chi connectivity index (χ1) is 7.82. The molecular formula is C12H20ClN3O. The maximum atomic E-state index is 11.9. The fourth-order valence-corrected chi connectivity index (χ4v) is 1.88. The second kappa shape index (κ2) is 5.65. The molecule has 5 heteroatoms. The molecule has 0 aromatic carbocycles. The number of aryl methyl sites for hydroxylation is 2. The zero-order valence-electron chi connectivity index (χ0n) is 10.8. The molecular weight excluding hydrogens is 238 g/mol. The molecule has 1 atom stereocenters. The molecule has 4 nitrogen and oxygen atoms in total. The third-order valence-corrected chi connectivity index (χ3v) is 3.44. The summed E-state index contributed by atoms with van der Waals surface area (Å²) in [7, 11) is 1.77. The maximum Gasteiger partial charge on any atom is 0.139 e. The second-order valence-corrected chi connectivity index (χ2v) is 5.16. The lowest BCUT2D eigenvalue weighted by molar-refractivity contribution is -0.118. The second-order valence-electron chi connectivity index (χ2n) is 4.81. The number of ketones is 1. The summed E-state index contributed by atoms with van der Waals surface area (Å²) in [6, 6.07) is -0.0850. The predicted octanol–water partition coefficient (Wildman–Crippen LogP) is 1.87. The summed E-state index contributed by atoms with van der Waals surface area (Å²) in [5.41, 5.74) is 7.50. The van der Waals surface area contributed by atoms with E-state index >= 15 is 0 Å². The first-order valence-corrected chi connectivity index (χ1v) is 6.16. The standard InChI is InChI=1S/C12H20ClN3O/c1-7(2)11(14)6-9(17)5-10-8(3)15-16(4)12(10)13/h7,11H,5-6,14H2,1-4H3. The van der Waals surface area contributed by atoms with E-state index in [1.807, 2.05) is 20.8 Å². The molecule has 1 unspecified atom stereocenters. The van der Waals surface area contributed by atoms with Crippen LogP contribution >= 0.6 is 11.6 Å². The highest BCUT2D eigenvalue weighted by Gasteiger charge is 2.18. The Bertz CT molecular complexity index is 412. The average molecular weight is 258 g/mol. The van der Waals surface area contributed by atoms with Gasteiger partial charge in [0.25, 0.3) is 0 Å². The van der Waals surface area contributed by atoms with Gasteiger partial charge in [0, 0.05) is 31.5 Å². The maximum absolute atomic E-state index is 11.9. The van der Waals surface area contributed by atoms with Gasteiger partial charge < -0.3 is 5.73 Å². The Hall–Kier alpha value is -0.870. The Morgan fingerprint density at radius 1 is 1.53 bits per heavy atom. The lowest BCUT2D eigenvalue weighted by atomic mass is 9.97. The Kier molecular flexibility index (Phi) is 4.71. The van der Waals surface area contributed by atoms with Crippen molar-refractivity contribution in [1.82, 2.24) is 9.78 Å². The molecule has 0 aliphatic rings. The Balaban J connectivity index is 2.68. The van der Waals surface area contributed by atoms with Crippen LogP contribution in [0.1, 0.15) is 31.5 Å². The van der Waals surface area contributed by atoms with Crippen LogP contribution in [0.3, 0.4) is 0 Å². The molecule has 0 amide bonds. The number of hydrogen-bond donors (Lipinski definition) is 1. The number of carbonyl (C=O) groups excluding carboxylic acids is 1. The van der Waals surface area contributed by atoms with Crippen molar-refractivity contribution in [3.63, 3.8) is 0 Å². The van der Waals surface area contributed by atoms with E-state index in [0.29, 0.717) is 23.9 Å². The number of hydrogen-bond acceptors (Lipinski definition) is 3. The van der Waals surface area contributed by atoms with Gasteiger partial charge in [0.2, 0.25) is 0 Å².